The topological polar surface area (TPSA) is 54.0 Å². The van der Waals surface area contributed by atoms with Gasteiger partial charge in [0.15, 0.2) is 0 Å². The first-order valence-corrected chi connectivity index (χ1v) is 7.94. The quantitative estimate of drug-likeness (QED) is 0.665. The molecule has 6 heteroatoms. The Balaban J connectivity index is 1.76. The molecule has 0 spiro atoms. The number of rotatable bonds is 4. The first-order valence-electron chi connectivity index (χ1n) is 7.15. The van der Waals surface area contributed by atoms with E-state index in [1.165, 1.54) is 18.3 Å². The van der Waals surface area contributed by atoms with Crippen molar-refractivity contribution in [3.05, 3.63) is 82.8 Å². The van der Waals surface area contributed by atoms with Crippen LogP contribution in [0, 0.1) is 5.82 Å². The lowest BCUT2D eigenvalue weighted by atomic mass is 10.2. The molecule has 3 aromatic rings. The standard InChI is InChI=1S/C18H13BrFN3O/c19-16-3-1-2-4-17(16)23-18(24)12-9-15(11-21-10-12)22-14-7-5-13(20)6-8-14/h1-11,22H,(H,23,24). The van der Waals surface area contributed by atoms with Crippen molar-refractivity contribution < 1.29 is 9.18 Å². The first kappa shape index (κ1) is 16.1. The number of nitrogens with one attached hydrogen (secondary N) is 2. The van der Waals surface area contributed by atoms with Gasteiger partial charge in [-0.3, -0.25) is 9.78 Å². The highest BCUT2D eigenvalue weighted by Gasteiger charge is 2.09. The molecule has 0 radical (unpaired) electrons. The fourth-order valence-electron chi connectivity index (χ4n) is 2.09. The minimum Gasteiger partial charge on any atom is -0.354 e. The lowest BCUT2D eigenvalue weighted by Gasteiger charge is -2.09. The van der Waals surface area contributed by atoms with E-state index in [2.05, 4.69) is 31.5 Å². The van der Waals surface area contributed by atoms with Gasteiger partial charge in [-0.25, -0.2) is 4.39 Å². The minimum atomic E-state index is -0.305. The van der Waals surface area contributed by atoms with Crippen LogP contribution in [-0.4, -0.2) is 10.9 Å². The number of nitrogens with zero attached hydrogens (tertiary/aromatic N) is 1. The predicted molar refractivity (Wildman–Crippen MR) is 96.0 cm³/mol. The second-order valence-electron chi connectivity index (χ2n) is 5.03. The molecular formula is C18H13BrFN3O. The van der Waals surface area contributed by atoms with Gasteiger partial charge in [-0.2, -0.15) is 0 Å². The monoisotopic (exact) mass is 385 g/mol. The van der Waals surface area contributed by atoms with Crippen LogP contribution in [0.3, 0.4) is 0 Å². The Labute approximate surface area is 146 Å². The van der Waals surface area contributed by atoms with E-state index in [0.29, 0.717) is 22.6 Å². The summed E-state index contributed by atoms with van der Waals surface area (Å²) >= 11 is 3.39. The van der Waals surface area contributed by atoms with E-state index >= 15 is 0 Å². The molecule has 2 aromatic carbocycles. The normalized spacial score (nSPS) is 10.2. The van der Waals surface area contributed by atoms with Crippen molar-refractivity contribution in [2.24, 2.45) is 0 Å². The van der Waals surface area contributed by atoms with Crippen molar-refractivity contribution >= 4 is 38.9 Å². The van der Waals surface area contributed by atoms with Gasteiger partial charge in [0, 0.05) is 16.4 Å². The van der Waals surface area contributed by atoms with Crippen LogP contribution in [0.25, 0.3) is 0 Å². The van der Waals surface area contributed by atoms with E-state index in [-0.39, 0.29) is 11.7 Å². The molecular weight excluding hydrogens is 373 g/mol. The van der Waals surface area contributed by atoms with Crippen LogP contribution in [0.2, 0.25) is 0 Å². The third kappa shape index (κ3) is 3.97. The van der Waals surface area contributed by atoms with Gasteiger partial charge in [0.05, 0.1) is 23.1 Å². The Morgan fingerprint density at radius 2 is 1.75 bits per heavy atom. The van der Waals surface area contributed by atoms with Gasteiger partial charge in [0.25, 0.3) is 5.91 Å². The van der Waals surface area contributed by atoms with Crippen LogP contribution >= 0.6 is 15.9 Å². The zero-order valence-corrected chi connectivity index (χ0v) is 14.0. The summed E-state index contributed by atoms with van der Waals surface area (Å²) in [7, 11) is 0. The lowest BCUT2D eigenvalue weighted by molar-refractivity contribution is 0.102. The Hall–Kier alpha value is -2.73. The SMILES string of the molecule is O=C(Nc1ccccc1Br)c1cncc(Nc2ccc(F)cc2)c1. The van der Waals surface area contributed by atoms with Crippen molar-refractivity contribution in [2.45, 2.75) is 0 Å². The molecule has 1 heterocycles. The maximum Gasteiger partial charge on any atom is 0.257 e. The van der Waals surface area contributed by atoms with E-state index in [1.54, 1.807) is 30.5 Å². The summed E-state index contributed by atoms with van der Waals surface area (Å²) in [4.78, 5) is 16.4. The molecule has 0 unspecified atom stereocenters. The molecule has 0 fully saturated rings. The number of halogens is 2. The predicted octanol–water partition coefficient (Wildman–Crippen LogP) is 4.98. The molecule has 0 aliphatic heterocycles. The third-order valence-electron chi connectivity index (χ3n) is 3.26. The Bertz CT molecular complexity index is 868. The van der Waals surface area contributed by atoms with Crippen molar-refractivity contribution in [1.29, 1.82) is 0 Å². The number of carbonyl (C=O) groups is 1. The van der Waals surface area contributed by atoms with Crippen molar-refractivity contribution in [2.75, 3.05) is 10.6 Å². The van der Waals surface area contributed by atoms with Crippen LogP contribution in [-0.2, 0) is 0 Å². The molecule has 0 saturated heterocycles. The molecule has 0 saturated carbocycles. The van der Waals surface area contributed by atoms with E-state index in [0.717, 1.165) is 4.47 Å². The second-order valence-corrected chi connectivity index (χ2v) is 5.88. The molecule has 0 bridgehead atoms. The number of hydrogen-bond donors (Lipinski definition) is 2. The minimum absolute atomic E-state index is 0.267. The van der Waals surface area contributed by atoms with Crippen molar-refractivity contribution in [3.8, 4) is 0 Å². The number of para-hydroxylation sites is 1. The molecule has 3 rings (SSSR count). The molecule has 0 aliphatic carbocycles. The fourth-order valence-corrected chi connectivity index (χ4v) is 2.47. The first-order chi connectivity index (χ1) is 11.6. The highest BCUT2D eigenvalue weighted by molar-refractivity contribution is 9.10. The number of anilines is 3. The van der Waals surface area contributed by atoms with Gasteiger partial charge in [0.1, 0.15) is 5.82 Å². The molecule has 4 nitrogen and oxygen atoms in total. The van der Waals surface area contributed by atoms with Gasteiger partial charge >= 0.3 is 0 Å². The number of hydrogen-bond acceptors (Lipinski definition) is 3. The summed E-state index contributed by atoms with van der Waals surface area (Å²) in [6.45, 7) is 0. The number of carbonyl (C=O) groups excluding carboxylic acids is 1. The zero-order chi connectivity index (χ0) is 16.9. The van der Waals surface area contributed by atoms with E-state index < -0.39 is 0 Å². The Morgan fingerprint density at radius 1 is 1.00 bits per heavy atom. The maximum absolute atomic E-state index is 12.9. The number of benzene rings is 2. The second kappa shape index (κ2) is 7.23. The lowest BCUT2D eigenvalue weighted by Crippen LogP contribution is -2.12. The van der Waals surface area contributed by atoms with Crippen LogP contribution in [0.4, 0.5) is 21.5 Å². The zero-order valence-electron chi connectivity index (χ0n) is 12.5. The van der Waals surface area contributed by atoms with Gasteiger partial charge in [-0.05, 0) is 58.4 Å². The van der Waals surface area contributed by atoms with E-state index in [9.17, 15) is 9.18 Å². The van der Waals surface area contributed by atoms with Gasteiger partial charge in [-0.1, -0.05) is 12.1 Å². The van der Waals surface area contributed by atoms with Gasteiger partial charge < -0.3 is 10.6 Å². The molecule has 120 valence electrons. The van der Waals surface area contributed by atoms with Crippen LogP contribution < -0.4 is 10.6 Å². The maximum atomic E-state index is 12.9. The van der Waals surface area contributed by atoms with E-state index in [4.69, 9.17) is 0 Å². The van der Waals surface area contributed by atoms with Crippen LogP contribution in [0.15, 0.2) is 71.5 Å². The van der Waals surface area contributed by atoms with Crippen LogP contribution in [0.1, 0.15) is 10.4 Å². The smallest absolute Gasteiger partial charge is 0.257 e. The Morgan fingerprint density at radius 3 is 2.50 bits per heavy atom. The number of amides is 1. The van der Waals surface area contributed by atoms with Crippen molar-refractivity contribution in [3.63, 3.8) is 0 Å². The summed E-state index contributed by atoms with van der Waals surface area (Å²) in [5.74, 6) is -0.572. The largest absolute Gasteiger partial charge is 0.354 e. The summed E-state index contributed by atoms with van der Waals surface area (Å²) in [6, 6.07) is 15.0. The summed E-state index contributed by atoms with van der Waals surface area (Å²) in [5.41, 5.74) is 2.44. The summed E-state index contributed by atoms with van der Waals surface area (Å²) in [5, 5.41) is 5.91. The average Bonchev–Trinajstić information content (AvgIpc) is 2.59. The molecule has 0 aliphatic rings. The van der Waals surface area contributed by atoms with E-state index in [1.807, 2.05) is 18.2 Å². The summed E-state index contributed by atoms with van der Waals surface area (Å²) < 4.78 is 13.7. The van der Waals surface area contributed by atoms with Crippen molar-refractivity contribution in [1.82, 2.24) is 4.98 Å². The molecule has 1 aromatic heterocycles. The number of aromatic nitrogens is 1. The molecule has 24 heavy (non-hydrogen) atoms. The van der Waals surface area contributed by atoms with Gasteiger partial charge in [0.2, 0.25) is 0 Å². The summed E-state index contributed by atoms with van der Waals surface area (Å²) in [6.07, 6.45) is 3.08. The van der Waals surface area contributed by atoms with Gasteiger partial charge in [-0.15, -0.1) is 0 Å². The van der Waals surface area contributed by atoms with Crippen LogP contribution in [0.5, 0.6) is 0 Å². The number of pyridine rings is 1. The Kier molecular flexibility index (Phi) is 4.86. The highest BCUT2D eigenvalue weighted by atomic mass is 79.9. The molecule has 0 atom stereocenters. The third-order valence-corrected chi connectivity index (χ3v) is 3.95. The molecule has 1 amide bonds. The fraction of sp³-hybridized carbons (Fsp3) is 0. The highest BCUT2D eigenvalue weighted by Crippen LogP contribution is 2.22. The molecule has 2 N–H and O–H groups in total. The average molecular weight is 386 g/mol.